The standard InChI is InChI=1S/C13H19NO3/c1-10(15)13-8-17-9-14(13)7-11-3-5-12(16-2)6-4-11/h3-6,10,13,15H,7-9H2,1-2H3/t10?,13-/m1/s1. The number of hydrogen-bond acceptors (Lipinski definition) is 4. The molecule has 0 saturated carbocycles. The van der Waals surface area contributed by atoms with Gasteiger partial charge in [0.25, 0.3) is 0 Å². The maximum absolute atomic E-state index is 9.64. The second kappa shape index (κ2) is 5.49. The van der Waals surface area contributed by atoms with Crippen molar-refractivity contribution in [1.82, 2.24) is 4.90 Å². The van der Waals surface area contributed by atoms with Gasteiger partial charge in [-0.3, -0.25) is 4.90 Å². The van der Waals surface area contributed by atoms with Gasteiger partial charge in [0.15, 0.2) is 0 Å². The molecule has 0 amide bonds. The average Bonchev–Trinajstić information content (AvgIpc) is 2.78. The molecule has 1 aromatic carbocycles. The summed E-state index contributed by atoms with van der Waals surface area (Å²) in [5.41, 5.74) is 1.20. The number of rotatable bonds is 4. The van der Waals surface area contributed by atoms with Gasteiger partial charge >= 0.3 is 0 Å². The molecule has 0 spiro atoms. The van der Waals surface area contributed by atoms with Crippen LogP contribution in [0.3, 0.4) is 0 Å². The van der Waals surface area contributed by atoms with E-state index in [-0.39, 0.29) is 12.1 Å². The van der Waals surface area contributed by atoms with Crippen molar-refractivity contribution in [2.45, 2.75) is 25.6 Å². The number of hydrogen-bond donors (Lipinski definition) is 1. The molecule has 1 heterocycles. The van der Waals surface area contributed by atoms with Crippen LogP contribution in [0.15, 0.2) is 24.3 Å². The van der Waals surface area contributed by atoms with E-state index in [9.17, 15) is 5.11 Å². The highest BCUT2D eigenvalue weighted by molar-refractivity contribution is 5.27. The minimum Gasteiger partial charge on any atom is -0.497 e. The van der Waals surface area contributed by atoms with Crippen LogP contribution in [0.4, 0.5) is 0 Å². The molecular weight excluding hydrogens is 218 g/mol. The third kappa shape index (κ3) is 2.97. The molecule has 0 radical (unpaired) electrons. The molecule has 0 bridgehead atoms. The Morgan fingerprint density at radius 2 is 2.18 bits per heavy atom. The van der Waals surface area contributed by atoms with E-state index >= 15 is 0 Å². The van der Waals surface area contributed by atoms with Gasteiger partial charge in [-0.05, 0) is 24.6 Å². The van der Waals surface area contributed by atoms with Crippen molar-refractivity contribution < 1.29 is 14.6 Å². The topological polar surface area (TPSA) is 41.9 Å². The molecule has 1 fully saturated rings. The lowest BCUT2D eigenvalue weighted by Crippen LogP contribution is -2.38. The first kappa shape index (κ1) is 12.4. The summed E-state index contributed by atoms with van der Waals surface area (Å²) in [4.78, 5) is 2.15. The predicted octanol–water partition coefficient (Wildman–Crippen LogP) is 1.23. The highest BCUT2D eigenvalue weighted by Crippen LogP contribution is 2.18. The molecule has 1 saturated heterocycles. The maximum atomic E-state index is 9.64. The Hall–Kier alpha value is -1.10. The Balaban J connectivity index is 1.99. The van der Waals surface area contributed by atoms with Gasteiger partial charge in [0.1, 0.15) is 5.75 Å². The van der Waals surface area contributed by atoms with Crippen molar-refractivity contribution in [2.75, 3.05) is 20.4 Å². The van der Waals surface area contributed by atoms with Gasteiger partial charge in [-0.25, -0.2) is 0 Å². The highest BCUT2D eigenvalue weighted by Gasteiger charge is 2.28. The third-order valence-electron chi connectivity index (χ3n) is 3.12. The molecule has 1 N–H and O–H groups in total. The van der Waals surface area contributed by atoms with Crippen LogP contribution < -0.4 is 4.74 Å². The van der Waals surface area contributed by atoms with Crippen molar-refractivity contribution in [1.29, 1.82) is 0 Å². The first-order chi connectivity index (χ1) is 8.20. The van der Waals surface area contributed by atoms with E-state index in [1.807, 2.05) is 24.3 Å². The summed E-state index contributed by atoms with van der Waals surface area (Å²) in [5.74, 6) is 0.860. The van der Waals surface area contributed by atoms with Gasteiger partial charge < -0.3 is 14.6 Å². The van der Waals surface area contributed by atoms with Crippen molar-refractivity contribution in [3.8, 4) is 5.75 Å². The van der Waals surface area contributed by atoms with Crippen molar-refractivity contribution in [2.24, 2.45) is 0 Å². The van der Waals surface area contributed by atoms with E-state index in [2.05, 4.69) is 4.90 Å². The van der Waals surface area contributed by atoms with Crippen LogP contribution in [0.25, 0.3) is 0 Å². The van der Waals surface area contributed by atoms with Crippen molar-refractivity contribution >= 4 is 0 Å². The van der Waals surface area contributed by atoms with Crippen molar-refractivity contribution in [3.63, 3.8) is 0 Å². The van der Waals surface area contributed by atoms with Gasteiger partial charge in [0.2, 0.25) is 0 Å². The minimum absolute atomic E-state index is 0.0945. The molecule has 4 heteroatoms. The van der Waals surface area contributed by atoms with E-state index < -0.39 is 0 Å². The summed E-state index contributed by atoms with van der Waals surface area (Å²) >= 11 is 0. The predicted molar refractivity (Wildman–Crippen MR) is 64.8 cm³/mol. The number of nitrogens with zero attached hydrogens (tertiary/aromatic N) is 1. The van der Waals surface area contributed by atoms with E-state index in [0.717, 1.165) is 12.3 Å². The molecule has 1 unspecified atom stereocenters. The fourth-order valence-corrected chi connectivity index (χ4v) is 2.06. The molecule has 94 valence electrons. The zero-order valence-electron chi connectivity index (χ0n) is 10.3. The lowest BCUT2D eigenvalue weighted by molar-refractivity contribution is 0.0855. The second-order valence-electron chi connectivity index (χ2n) is 4.40. The monoisotopic (exact) mass is 237 g/mol. The van der Waals surface area contributed by atoms with Crippen LogP contribution in [-0.2, 0) is 11.3 Å². The lowest BCUT2D eigenvalue weighted by atomic mass is 10.1. The molecular formula is C13H19NO3. The summed E-state index contributed by atoms with van der Waals surface area (Å²) in [6.07, 6.45) is -0.365. The first-order valence-electron chi connectivity index (χ1n) is 5.83. The smallest absolute Gasteiger partial charge is 0.118 e. The molecule has 0 aromatic heterocycles. The van der Waals surface area contributed by atoms with Crippen LogP contribution >= 0.6 is 0 Å². The molecule has 2 rings (SSSR count). The number of methoxy groups -OCH3 is 1. The van der Waals surface area contributed by atoms with Crippen LogP contribution in [0.5, 0.6) is 5.75 Å². The molecule has 1 aromatic rings. The third-order valence-corrected chi connectivity index (χ3v) is 3.12. The molecule has 17 heavy (non-hydrogen) atoms. The van der Waals surface area contributed by atoms with Crippen LogP contribution in [-0.4, -0.2) is 42.6 Å². The molecule has 0 aliphatic carbocycles. The summed E-state index contributed by atoms with van der Waals surface area (Å²) in [6, 6.07) is 8.07. The minimum atomic E-state index is -0.365. The SMILES string of the molecule is COc1ccc(CN2COC[C@@H]2C(C)O)cc1. The summed E-state index contributed by atoms with van der Waals surface area (Å²) in [5, 5.41) is 9.64. The Morgan fingerprint density at radius 3 is 2.76 bits per heavy atom. The largest absolute Gasteiger partial charge is 0.497 e. The number of aliphatic hydroxyl groups excluding tert-OH is 1. The zero-order valence-corrected chi connectivity index (χ0v) is 10.3. The average molecular weight is 237 g/mol. The Kier molecular flexibility index (Phi) is 3.99. The molecule has 2 atom stereocenters. The zero-order chi connectivity index (χ0) is 12.3. The normalized spacial score (nSPS) is 22.6. The Morgan fingerprint density at radius 1 is 1.47 bits per heavy atom. The first-order valence-corrected chi connectivity index (χ1v) is 5.83. The molecule has 1 aliphatic rings. The number of aliphatic hydroxyl groups is 1. The van der Waals surface area contributed by atoms with Crippen LogP contribution in [0.1, 0.15) is 12.5 Å². The van der Waals surface area contributed by atoms with Gasteiger partial charge in [0.05, 0.1) is 32.6 Å². The fraction of sp³-hybridized carbons (Fsp3) is 0.538. The second-order valence-corrected chi connectivity index (χ2v) is 4.40. The van der Waals surface area contributed by atoms with E-state index in [0.29, 0.717) is 13.3 Å². The molecule has 1 aliphatic heterocycles. The fourth-order valence-electron chi connectivity index (χ4n) is 2.06. The van der Waals surface area contributed by atoms with E-state index in [1.54, 1.807) is 14.0 Å². The molecule has 4 nitrogen and oxygen atoms in total. The highest BCUT2D eigenvalue weighted by atomic mass is 16.5. The van der Waals surface area contributed by atoms with Gasteiger partial charge in [-0.15, -0.1) is 0 Å². The summed E-state index contributed by atoms with van der Waals surface area (Å²) in [6.45, 7) is 3.79. The van der Waals surface area contributed by atoms with E-state index in [4.69, 9.17) is 9.47 Å². The lowest BCUT2D eigenvalue weighted by Gasteiger charge is -2.24. The Bertz CT molecular complexity index is 350. The van der Waals surface area contributed by atoms with Crippen LogP contribution in [0, 0.1) is 0 Å². The van der Waals surface area contributed by atoms with E-state index in [1.165, 1.54) is 5.56 Å². The number of benzene rings is 1. The van der Waals surface area contributed by atoms with Gasteiger partial charge in [-0.2, -0.15) is 0 Å². The van der Waals surface area contributed by atoms with Crippen molar-refractivity contribution in [3.05, 3.63) is 29.8 Å². The Labute approximate surface area is 102 Å². The van der Waals surface area contributed by atoms with Crippen LogP contribution in [0.2, 0.25) is 0 Å². The quantitative estimate of drug-likeness (QED) is 0.855. The number of ether oxygens (including phenoxy) is 2. The summed E-state index contributed by atoms with van der Waals surface area (Å²) < 4.78 is 10.5. The van der Waals surface area contributed by atoms with Gasteiger partial charge in [-0.1, -0.05) is 12.1 Å². The van der Waals surface area contributed by atoms with Gasteiger partial charge in [0, 0.05) is 6.54 Å². The summed E-state index contributed by atoms with van der Waals surface area (Å²) in [7, 11) is 1.66. The maximum Gasteiger partial charge on any atom is 0.118 e.